The third-order valence-corrected chi connectivity index (χ3v) is 4.18. The molecule has 0 saturated carbocycles. The number of rotatable bonds is 3. The third-order valence-electron chi connectivity index (χ3n) is 2.45. The van der Waals surface area contributed by atoms with Gasteiger partial charge in [-0.3, -0.25) is 4.79 Å². The zero-order valence-electron chi connectivity index (χ0n) is 9.17. The van der Waals surface area contributed by atoms with Crippen molar-refractivity contribution in [2.45, 2.75) is 13.3 Å². The van der Waals surface area contributed by atoms with Crippen LogP contribution in [-0.2, 0) is 6.42 Å². The number of carbonyl (C=O) groups excluding carboxylic acids is 1. The lowest BCUT2D eigenvalue weighted by Crippen LogP contribution is -2.04. The molecule has 88 valence electrons. The third kappa shape index (κ3) is 3.18. The Morgan fingerprint density at radius 2 is 2.12 bits per heavy atom. The topological polar surface area (TPSA) is 17.1 Å². The molecule has 0 fully saturated rings. The quantitative estimate of drug-likeness (QED) is 0.732. The SMILES string of the molecule is Cc1cc(Br)ccc1C(=O)Cc1ccc(Cl)s1. The minimum atomic E-state index is 0.133. The summed E-state index contributed by atoms with van der Waals surface area (Å²) in [6.07, 6.45) is 0.417. The Balaban J connectivity index is 2.20. The maximum atomic E-state index is 12.1. The van der Waals surface area contributed by atoms with E-state index in [0.29, 0.717) is 6.42 Å². The molecule has 1 heterocycles. The largest absolute Gasteiger partial charge is 0.294 e. The fraction of sp³-hybridized carbons (Fsp3) is 0.154. The van der Waals surface area contributed by atoms with Gasteiger partial charge < -0.3 is 0 Å². The van der Waals surface area contributed by atoms with Crippen LogP contribution in [0.25, 0.3) is 0 Å². The summed E-state index contributed by atoms with van der Waals surface area (Å²) in [6.45, 7) is 1.94. The number of halogens is 2. The van der Waals surface area contributed by atoms with E-state index in [-0.39, 0.29) is 5.78 Å². The van der Waals surface area contributed by atoms with E-state index in [9.17, 15) is 4.79 Å². The Hall–Kier alpha value is -0.640. The summed E-state index contributed by atoms with van der Waals surface area (Å²) in [7, 11) is 0. The van der Waals surface area contributed by atoms with E-state index in [4.69, 9.17) is 11.6 Å². The van der Waals surface area contributed by atoms with E-state index < -0.39 is 0 Å². The second kappa shape index (κ2) is 5.34. The second-order valence-corrected chi connectivity index (χ2v) is 6.48. The van der Waals surface area contributed by atoms with E-state index in [1.54, 1.807) is 0 Å². The van der Waals surface area contributed by atoms with Gasteiger partial charge in [-0.2, -0.15) is 0 Å². The number of carbonyl (C=O) groups is 1. The molecule has 0 unspecified atom stereocenters. The van der Waals surface area contributed by atoms with Crippen molar-refractivity contribution in [3.63, 3.8) is 0 Å². The first-order valence-electron chi connectivity index (χ1n) is 5.10. The van der Waals surface area contributed by atoms with Gasteiger partial charge in [0.15, 0.2) is 5.78 Å². The van der Waals surface area contributed by atoms with Crippen molar-refractivity contribution in [2.24, 2.45) is 0 Å². The van der Waals surface area contributed by atoms with E-state index in [2.05, 4.69) is 15.9 Å². The Morgan fingerprint density at radius 1 is 1.35 bits per heavy atom. The molecule has 0 bridgehead atoms. The van der Waals surface area contributed by atoms with Crippen molar-refractivity contribution in [1.29, 1.82) is 0 Å². The summed E-state index contributed by atoms with van der Waals surface area (Å²) < 4.78 is 1.71. The van der Waals surface area contributed by atoms with Crippen LogP contribution in [0.1, 0.15) is 20.8 Å². The lowest BCUT2D eigenvalue weighted by atomic mass is 10.0. The lowest BCUT2D eigenvalue weighted by molar-refractivity contribution is 0.0993. The van der Waals surface area contributed by atoms with Crippen LogP contribution in [0.3, 0.4) is 0 Å². The molecular formula is C13H10BrClOS. The fourth-order valence-electron chi connectivity index (χ4n) is 1.64. The molecule has 2 aromatic rings. The normalized spacial score (nSPS) is 10.5. The summed E-state index contributed by atoms with van der Waals surface area (Å²) in [5, 5.41) is 0. The van der Waals surface area contributed by atoms with Crippen LogP contribution in [0.4, 0.5) is 0 Å². The van der Waals surface area contributed by atoms with Gasteiger partial charge in [0, 0.05) is 21.3 Å². The van der Waals surface area contributed by atoms with Crippen LogP contribution in [0.2, 0.25) is 4.34 Å². The first-order valence-corrected chi connectivity index (χ1v) is 7.08. The smallest absolute Gasteiger partial charge is 0.168 e. The van der Waals surface area contributed by atoms with Crippen molar-refractivity contribution in [1.82, 2.24) is 0 Å². The van der Waals surface area contributed by atoms with E-state index in [1.165, 1.54) is 11.3 Å². The summed E-state index contributed by atoms with van der Waals surface area (Å²) in [4.78, 5) is 13.1. The molecule has 2 rings (SSSR count). The minimum absolute atomic E-state index is 0.133. The van der Waals surface area contributed by atoms with Crippen LogP contribution in [-0.4, -0.2) is 5.78 Å². The van der Waals surface area contributed by atoms with E-state index >= 15 is 0 Å². The van der Waals surface area contributed by atoms with Gasteiger partial charge in [0.25, 0.3) is 0 Å². The molecule has 1 aromatic carbocycles. The highest BCUT2D eigenvalue weighted by molar-refractivity contribution is 9.10. The Bertz CT molecular complexity index is 562. The molecular weight excluding hydrogens is 320 g/mol. The summed E-state index contributed by atoms with van der Waals surface area (Å²) in [6, 6.07) is 9.43. The monoisotopic (exact) mass is 328 g/mol. The van der Waals surface area contributed by atoms with Gasteiger partial charge in [-0.15, -0.1) is 11.3 Å². The molecule has 0 N–H and O–H groups in total. The zero-order valence-corrected chi connectivity index (χ0v) is 12.3. The number of hydrogen-bond donors (Lipinski definition) is 0. The van der Waals surface area contributed by atoms with Crippen LogP contribution in [0, 0.1) is 6.92 Å². The van der Waals surface area contributed by atoms with Crippen LogP contribution in [0.5, 0.6) is 0 Å². The summed E-state index contributed by atoms with van der Waals surface area (Å²) in [5.41, 5.74) is 1.77. The molecule has 17 heavy (non-hydrogen) atoms. The van der Waals surface area contributed by atoms with Crippen molar-refractivity contribution in [2.75, 3.05) is 0 Å². The molecule has 1 nitrogen and oxygen atoms in total. The molecule has 0 aliphatic heterocycles. The number of ketones is 1. The molecule has 0 aliphatic rings. The second-order valence-electron chi connectivity index (χ2n) is 3.77. The van der Waals surface area contributed by atoms with Crippen molar-refractivity contribution >= 4 is 44.7 Å². The van der Waals surface area contributed by atoms with Gasteiger partial charge in [-0.1, -0.05) is 33.6 Å². The first-order chi connectivity index (χ1) is 8.06. The van der Waals surface area contributed by atoms with Gasteiger partial charge in [0.05, 0.1) is 4.34 Å². The number of benzene rings is 1. The van der Waals surface area contributed by atoms with Crippen molar-refractivity contribution in [3.8, 4) is 0 Å². The van der Waals surface area contributed by atoms with E-state index in [0.717, 1.165) is 24.8 Å². The highest BCUT2D eigenvalue weighted by Gasteiger charge is 2.11. The highest BCUT2D eigenvalue weighted by Crippen LogP contribution is 2.24. The maximum absolute atomic E-state index is 12.1. The Kier molecular flexibility index (Phi) is 4.02. The average Bonchev–Trinajstić information content (AvgIpc) is 2.63. The number of hydrogen-bond acceptors (Lipinski definition) is 2. The number of aryl methyl sites for hydroxylation is 1. The molecule has 0 radical (unpaired) electrons. The van der Waals surface area contributed by atoms with Crippen molar-refractivity contribution in [3.05, 3.63) is 55.1 Å². The Labute approximate surface area is 118 Å². The Morgan fingerprint density at radius 3 is 2.71 bits per heavy atom. The summed E-state index contributed by atoms with van der Waals surface area (Å²) >= 11 is 10.7. The number of thiophene rings is 1. The highest BCUT2D eigenvalue weighted by atomic mass is 79.9. The van der Waals surface area contributed by atoms with Gasteiger partial charge in [0.2, 0.25) is 0 Å². The lowest BCUT2D eigenvalue weighted by Gasteiger charge is -2.04. The molecule has 0 saturated heterocycles. The van der Waals surface area contributed by atoms with Crippen molar-refractivity contribution < 1.29 is 4.79 Å². The molecule has 1 aromatic heterocycles. The van der Waals surface area contributed by atoms with E-state index in [1.807, 2.05) is 37.3 Å². The maximum Gasteiger partial charge on any atom is 0.168 e. The summed E-state index contributed by atoms with van der Waals surface area (Å²) in [5.74, 6) is 0.133. The molecule has 4 heteroatoms. The molecule has 0 amide bonds. The predicted octanol–water partition coefficient (Wildman–Crippen LogP) is 4.90. The zero-order chi connectivity index (χ0) is 12.4. The van der Waals surface area contributed by atoms with Crippen LogP contribution in [0.15, 0.2) is 34.8 Å². The van der Waals surface area contributed by atoms with Gasteiger partial charge >= 0.3 is 0 Å². The minimum Gasteiger partial charge on any atom is -0.294 e. The van der Waals surface area contributed by atoms with Crippen LogP contribution >= 0.6 is 38.9 Å². The van der Waals surface area contributed by atoms with Gasteiger partial charge in [-0.25, -0.2) is 0 Å². The predicted molar refractivity (Wildman–Crippen MR) is 76.2 cm³/mol. The standard InChI is InChI=1S/C13H10BrClOS/c1-8-6-9(14)2-4-11(8)12(16)7-10-3-5-13(15)17-10/h2-6H,7H2,1H3. The fourth-order valence-corrected chi connectivity index (χ4v) is 3.20. The molecule has 0 atom stereocenters. The van der Waals surface area contributed by atoms with Crippen LogP contribution < -0.4 is 0 Å². The molecule has 0 spiro atoms. The van der Waals surface area contributed by atoms with Gasteiger partial charge in [0.1, 0.15) is 0 Å². The molecule has 0 aliphatic carbocycles. The van der Waals surface area contributed by atoms with Gasteiger partial charge in [-0.05, 0) is 36.8 Å². The first kappa shape index (κ1) is 12.8. The average molecular weight is 330 g/mol. The number of Topliss-reactive ketones (excluding diaryl/α,β-unsaturated/α-hetero) is 1.